The monoisotopic (exact) mass is 333 g/mol. The molecule has 0 spiro atoms. The first kappa shape index (κ1) is 23.7. The van der Waals surface area contributed by atoms with Crippen LogP contribution in [0, 0.1) is 27.7 Å². The van der Waals surface area contributed by atoms with Crippen LogP contribution in [0.3, 0.4) is 0 Å². The molecule has 0 saturated carbocycles. The number of hydrogen-bond donors (Lipinski definition) is 1. The molecule has 1 N–H and O–H groups in total. The van der Waals surface area contributed by atoms with Crippen LogP contribution in [0.25, 0.3) is 0 Å². The van der Waals surface area contributed by atoms with Gasteiger partial charge in [-0.05, 0) is 12.1 Å². The zero-order valence-electron chi connectivity index (χ0n) is 11.7. The van der Waals surface area contributed by atoms with Gasteiger partial charge in [-0.2, -0.15) is 28.3 Å². The van der Waals surface area contributed by atoms with Crippen LogP contribution in [0.4, 0.5) is 0 Å². The molecule has 1 nitrogen and oxygen atoms in total. The molecule has 0 saturated heterocycles. The molecular formula is C15H19Cl2OTi. The van der Waals surface area contributed by atoms with Gasteiger partial charge in [0.25, 0.3) is 0 Å². The average molecular weight is 334 g/mol. The summed E-state index contributed by atoms with van der Waals surface area (Å²) < 4.78 is 0. The van der Waals surface area contributed by atoms with E-state index in [1.807, 2.05) is 6.07 Å². The van der Waals surface area contributed by atoms with Crippen molar-refractivity contribution in [3.63, 3.8) is 0 Å². The Balaban J connectivity index is -0.000000237. The molecule has 2 aromatic rings. The smallest absolute Gasteiger partial charge is 1.00 e. The molecule has 0 aromatic heterocycles. The number of phenols is 1. The van der Waals surface area contributed by atoms with Gasteiger partial charge in [-0.15, -0.1) is 0 Å². The fraction of sp³-hybridized carbons (Fsp3) is 0.267. The Morgan fingerprint density at radius 2 is 1.16 bits per heavy atom. The van der Waals surface area contributed by atoms with Gasteiger partial charge < -0.3 is 29.9 Å². The largest absolute Gasteiger partial charge is 3.00 e. The standard InChI is InChI=1S/C9H13.C6H6O.2ClH.Ti/c1-6-5-7(2)9(4)8(6)3;7-6-4-2-1-3-5-6;;;/h5H,1-4H3;1-5,7H;2*1H;/q-1;;;;+3/p-2. The summed E-state index contributed by atoms with van der Waals surface area (Å²) in [5.74, 6) is 0.322. The zero-order chi connectivity index (χ0) is 12.1. The molecule has 0 aliphatic heterocycles. The van der Waals surface area contributed by atoms with E-state index in [9.17, 15) is 0 Å². The van der Waals surface area contributed by atoms with Crippen LogP contribution >= 0.6 is 0 Å². The topological polar surface area (TPSA) is 20.2 Å². The van der Waals surface area contributed by atoms with E-state index in [-0.39, 0.29) is 46.5 Å². The van der Waals surface area contributed by atoms with Gasteiger partial charge in [0.05, 0.1) is 0 Å². The molecule has 1 radical (unpaired) electrons. The van der Waals surface area contributed by atoms with E-state index in [4.69, 9.17) is 5.11 Å². The quantitative estimate of drug-likeness (QED) is 0.438. The van der Waals surface area contributed by atoms with Crippen LogP contribution < -0.4 is 24.8 Å². The van der Waals surface area contributed by atoms with E-state index in [1.165, 1.54) is 22.3 Å². The van der Waals surface area contributed by atoms with Crippen LogP contribution in [-0.2, 0) is 21.7 Å². The maximum Gasteiger partial charge on any atom is 3.00 e. The Morgan fingerprint density at radius 3 is 1.32 bits per heavy atom. The Morgan fingerprint density at radius 1 is 0.789 bits per heavy atom. The van der Waals surface area contributed by atoms with Gasteiger partial charge in [0.15, 0.2) is 0 Å². The van der Waals surface area contributed by atoms with Crippen LogP contribution in [0.1, 0.15) is 22.3 Å². The minimum atomic E-state index is 0. The van der Waals surface area contributed by atoms with E-state index < -0.39 is 0 Å². The molecule has 0 aliphatic carbocycles. The molecule has 0 aliphatic rings. The molecular weight excluding hydrogens is 315 g/mol. The molecule has 2 aromatic carbocycles. The van der Waals surface area contributed by atoms with E-state index in [2.05, 4.69) is 33.8 Å². The predicted molar refractivity (Wildman–Crippen MR) is 69.1 cm³/mol. The summed E-state index contributed by atoms with van der Waals surface area (Å²) >= 11 is 0. The number of phenolic OH excluding ortho intramolecular Hbond substituents is 1. The number of aromatic hydroxyl groups is 1. The van der Waals surface area contributed by atoms with Crippen molar-refractivity contribution >= 4 is 0 Å². The van der Waals surface area contributed by atoms with Crippen molar-refractivity contribution in [1.29, 1.82) is 0 Å². The SMILES string of the molecule is Cc1[cH-]c(C)c(C)c1C.Oc1ccccc1.[Cl-].[Cl-].[Ti+3]. The van der Waals surface area contributed by atoms with Crippen LogP contribution in [0.2, 0.25) is 0 Å². The van der Waals surface area contributed by atoms with Crippen molar-refractivity contribution in [3.8, 4) is 5.75 Å². The maximum atomic E-state index is 8.63. The number of rotatable bonds is 0. The van der Waals surface area contributed by atoms with E-state index in [1.54, 1.807) is 24.3 Å². The van der Waals surface area contributed by atoms with Crippen molar-refractivity contribution < 1.29 is 51.6 Å². The Hall–Kier alpha value is -0.336. The fourth-order valence-electron chi connectivity index (χ4n) is 1.56. The van der Waals surface area contributed by atoms with Gasteiger partial charge >= 0.3 is 21.7 Å². The Kier molecular flexibility index (Phi) is 14.4. The van der Waals surface area contributed by atoms with E-state index >= 15 is 0 Å². The summed E-state index contributed by atoms with van der Waals surface area (Å²) in [4.78, 5) is 0. The molecule has 4 heteroatoms. The second kappa shape index (κ2) is 11.5. The molecule has 19 heavy (non-hydrogen) atoms. The van der Waals surface area contributed by atoms with E-state index in [0.29, 0.717) is 5.75 Å². The summed E-state index contributed by atoms with van der Waals surface area (Å²) in [6.07, 6.45) is 0. The van der Waals surface area contributed by atoms with E-state index in [0.717, 1.165) is 0 Å². The minimum Gasteiger partial charge on any atom is -1.00 e. The van der Waals surface area contributed by atoms with Crippen molar-refractivity contribution in [2.24, 2.45) is 0 Å². The number of benzene rings is 1. The third kappa shape index (κ3) is 7.74. The van der Waals surface area contributed by atoms with Crippen LogP contribution in [0.5, 0.6) is 5.75 Å². The van der Waals surface area contributed by atoms with Crippen LogP contribution in [-0.4, -0.2) is 5.11 Å². The summed E-state index contributed by atoms with van der Waals surface area (Å²) in [5, 5.41) is 8.63. The molecule has 103 valence electrons. The van der Waals surface area contributed by atoms with Gasteiger partial charge in [0.1, 0.15) is 5.75 Å². The molecule has 0 amide bonds. The van der Waals surface area contributed by atoms with Crippen molar-refractivity contribution in [2.75, 3.05) is 0 Å². The van der Waals surface area contributed by atoms with Gasteiger partial charge in [-0.3, -0.25) is 0 Å². The van der Waals surface area contributed by atoms with Crippen molar-refractivity contribution in [1.82, 2.24) is 0 Å². The number of aryl methyl sites for hydroxylation is 2. The normalized spacial score (nSPS) is 8.00. The van der Waals surface area contributed by atoms with Crippen molar-refractivity contribution in [2.45, 2.75) is 27.7 Å². The molecule has 0 atom stereocenters. The number of hydrogen-bond acceptors (Lipinski definition) is 1. The zero-order valence-corrected chi connectivity index (χ0v) is 14.7. The van der Waals surface area contributed by atoms with Crippen molar-refractivity contribution in [3.05, 3.63) is 58.7 Å². The van der Waals surface area contributed by atoms with Crippen LogP contribution in [0.15, 0.2) is 36.4 Å². The Labute approximate surface area is 143 Å². The average Bonchev–Trinajstić information content (AvgIpc) is 2.48. The second-order valence-electron chi connectivity index (χ2n) is 4.10. The summed E-state index contributed by atoms with van der Waals surface area (Å²) in [7, 11) is 0. The molecule has 2 rings (SSSR count). The third-order valence-corrected chi connectivity index (χ3v) is 2.93. The summed E-state index contributed by atoms with van der Waals surface area (Å²) in [5.41, 5.74) is 5.75. The molecule has 0 heterocycles. The fourth-order valence-corrected chi connectivity index (χ4v) is 1.56. The summed E-state index contributed by atoms with van der Waals surface area (Å²) in [6, 6.07) is 11.0. The number of halogens is 2. The third-order valence-electron chi connectivity index (χ3n) is 2.93. The first-order chi connectivity index (χ1) is 7.52. The van der Waals surface area contributed by atoms with Gasteiger partial charge in [0.2, 0.25) is 0 Å². The molecule has 0 fully saturated rings. The minimum absolute atomic E-state index is 0. The van der Waals surface area contributed by atoms with Gasteiger partial charge in [0, 0.05) is 0 Å². The predicted octanol–water partition coefficient (Wildman–Crippen LogP) is -1.96. The first-order valence-corrected chi connectivity index (χ1v) is 5.46. The first-order valence-electron chi connectivity index (χ1n) is 5.46. The number of para-hydroxylation sites is 1. The maximum absolute atomic E-state index is 8.63. The molecule has 0 bridgehead atoms. The summed E-state index contributed by atoms with van der Waals surface area (Å²) in [6.45, 7) is 8.68. The van der Waals surface area contributed by atoms with Gasteiger partial charge in [-0.1, -0.05) is 45.9 Å². The second-order valence-corrected chi connectivity index (χ2v) is 4.10. The Bertz CT molecular complexity index is 430. The van der Waals surface area contributed by atoms with Gasteiger partial charge in [-0.25, -0.2) is 0 Å². The molecule has 0 unspecified atom stereocenters.